The molecule has 0 radical (unpaired) electrons. The Morgan fingerprint density at radius 2 is 1.97 bits per heavy atom. The number of halogens is 3. The van der Waals surface area contributed by atoms with Gasteiger partial charge in [0.05, 0.1) is 17.4 Å². The molecule has 0 saturated carbocycles. The number of aliphatic hydroxyl groups is 1. The van der Waals surface area contributed by atoms with Crippen LogP contribution in [0.3, 0.4) is 0 Å². The summed E-state index contributed by atoms with van der Waals surface area (Å²) in [5, 5.41) is 23.6. The maximum atomic E-state index is 13.2. The molecule has 33 heavy (non-hydrogen) atoms. The number of carbonyl (C=O) groups is 1. The fraction of sp³-hybridized carbons (Fsp3) is 0.545. The maximum absolute atomic E-state index is 13.2. The monoisotopic (exact) mass is 464 g/mol. The number of para-hydroxylation sites is 1. The van der Waals surface area contributed by atoms with E-state index >= 15 is 0 Å². The van der Waals surface area contributed by atoms with Crippen molar-refractivity contribution >= 4 is 16.8 Å². The van der Waals surface area contributed by atoms with Gasteiger partial charge in [0.25, 0.3) is 0 Å². The Morgan fingerprint density at radius 3 is 2.70 bits per heavy atom. The lowest BCUT2D eigenvalue weighted by Crippen LogP contribution is -2.79. The molecular weight excluding hydrogens is 437 g/mol. The summed E-state index contributed by atoms with van der Waals surface area (Å²) < 4.78 is 39.3. The highest BCUT2D eigenvalue weighted by molar-refractivity contribution is 5.86. The zero-order chi connectivity index (χ0) is 23.2. The minimum absolute atomic E-state index is 0.106. The van der Waals surface area contributed by atoms with E-state index in [2.05, 4.69) is 21.3 Å². The summed E-state index contributed by atoms with van der Waals surface area (Å²) >= 11 is 0. The van der Waals surface area contributed by atoms with Crippen LogP contribution in [-0.4, -0.2) is 77.4 Å². The third-order valence-corrected chi connectivity index (χ3v) is 6.71. The highest BCUT2D eigenvalue weighted by atomic mass is 19.4. The van der Waals surface area contributed by atoms with Crippen molar-refractivity contribution in [2.75, 3.05) is 26.2 Å². The van der Waals surface area contributed by atoms with E-state index in [4.69, 9.17) is 4.98 Å². The Kier molecular flexibility index (Phi) is 5.78. The molecular formula is C22H27F3N6O2. The van der Waals surface area contributed by atoms with Crippen LogP contribution < -0.4 is 21.3 Å². The quantitative estimate of drug-likeness (QED) is 0.452. The summed E-state index contributed by atoms with van der Waals surface area (Å²) in [5.41, 5.74) is -1.42. The number of aromatic nitrogens is 1. The first-order valence-corrected chi connectivity index (χ1v) is 11.2. The molecule has 2 aromatic rings. The van der Waals surface area contributed by atoms with Gasteiger partial charge in [0.2, 0.25) is 5.91 Å². The summed E-state index contributed by atoms with van der Waals surface area (Å²) in [6.45, 7) is 0.453. The van der Waals surface area contributed by atoms with Gasteiger partial charge in [-0.2, -0.15) is 13.2 Å². The van der Waals surface area contributed by atoms with Crippen molar-refractivity contribution in [3.8, 4) is 0 Å². The van der Waals surface area contributed by atoms with Gasteiger partial charge in [-0.25, -0.2) is 0 Å². The number of likely N-dealkylation sites (tertiary alicyclic amines) is 1. The predicted octanol–water partition coefficient (Wildman–Crippen LogP) is 0.598. The average molecular weight is 464 g/mol. The van der Waals surface area contributed by atoms with Crippen LogP contribution in [-0.2, 0) is 4.79 Å². The topological polar surface area (TPSA) is 102 Å². The van der Waals surface area contributed by atoms with Crippen LogP contribution in [0.1, 0.15) is 24.5 Å². The number of β-amino-alcohol motifs (C(OH)–C–C–N with tert-alkyl or cyclic N) is 1. The van der Waals surface area contributed by atoms with Crippen molar-refractivity contribution in [1.82, 2.24) is 31.2 Å². The lowest BCUT2D eigenvalue weighted by molar-refractivity contribution is -0.308. The molecule has 0 spiro atoms. The Bertz CT molecular complexity index is 1020. The third-order valence-electron chi connectivity index (χ3n) is 6.71. The van der Waals surface area contributed by atoms with Crippen molar-refractivity contribution < 1.29 is 23.1 Å². The third kappa shape index (κ3) is 4.31. The molecule has 1 aromatic carbocycles. The number of amides is 1. The number of nitrogens with one attached hydrogen (secondary N) is 4. The number of benzene rings is 1. The summed E-state index contributed by atoms with van der Waals surface area (Å²) in [5.74, 6) is -0.999. The maximum Gasteiger partial charge on any atom is 0.419 e. The smallest absolute Gasteiger partial charge is 0.378 e. The molecule has 11 heteroatoms. The SMILES string of the molecule is O=C1NC(N2CC(O)(C(F)(F)F)C2)NC(N[C@@H]2CCCNC2)C1c1ccc2ccccc2n1. The van der Waals surface area contributed by atoms with Crippen molar-refractivity contribution in [1.29, 1.82) is 0 Å². The van der Waals surface area contributed by atoms with Crippen LogP contribution >= 0.6 is 0 Å². The zero-order valence-electron chi connectivity index (χ0n) is 17.9. The fourth-order valence-electron chi connectivity index (χ4n) is 4.82. The van der Waals surface area contributed by atoms with Gasteiger partial charge in [-0.05, 0) is 31.5 Å². The molecule has 5 rings (SSSR count). The molecule has 5 N–H and O–H groups in total. The number of hydrogen-bond acceptors (Lipinski definition) is 7. The van der Waals surface area contributed by atoms with Crippen LogP contribution in [0.15, 0.2) is 36.4 Å². The fourth-order valence-corrected chi connectivity index (χ4v) is 4.82. The van der Waals surface area contributed by atoms with E-state index in [1.807, 2.05) is 36.4 Å². The number of fused-ring (bicyclic) bond motifs is 1. The molecule has 4 atom stereocenters. The molecule has 8 nitrogen and oxygen atoms in total. The minimum Gasteiger partial charge on any atom is -0.378 e. The summed E-state index contributed by atoms with van der Waals surface area (Å²) in [4.78, 5) is 19.3. The van der Waals surface area contributed by atoms with Crippen molar-refractivity contribution in [3.63, 3.8) is 0 Å². The molecule has 178 valence electrons. The first-order chi connectivity index (χ1) is 15.7. The number of rotatable bonds is 4. The van der Waals surface area contributed by atoms with Crippen LogP contribution in [0.5, 0.6) is 0 Å². The lowest BCUT2D eigenvalue weighted by atomic mass is 9.91. The van der Waals surface area contributed by atoms with Crippen molar-refractivity contribution in [2.45, 2.75) is 49.0 Å². The number of nitrogens with zero attached hydrogens (tertiary/aromatic N) is 2. The molecule has 1 aromatic heterocycles. The minimum atomic E-state index is -4.72. The molecule has 3 unspecified atom stereocenters. The summed E-state index contributed by atoms with van der Waals surface area (Å²) in [6, 6.07) is 11.4. The van der Waals surface area contributed by atoms with E-state index in [1.54, 1.807) is 0 Å². The number of carbonyl (C=O) groups excluding carboxylic acids is 1. The Hall–Kier alpha value is -2.31. The molecule has 3 aliphatic heterocycles. The zero-order valence-corrected chi connectivity index (χ0v) is 17.9. The number of piperidine rings is 1. The molecule has 0 bridgehead atoms. The standard InChI is InChI=1S/C22H27F3N6O2/c23-22(24,25)21(33)11-31(12-21)20-29-18(27-14-5-3-9-26-10-14)17(19(32)30-20)16-8-7-13-4-1-2-6-15(13)28-16/h1-2,4,6-8,14,17-18,20,26-27,29,33H,3,5,9-12H2,(H,30,32)/t14-,17?,18?,20?/m1/s1. The molecule has 3 aliphatic rings. The van der Waals surface area contributed by atoms with E-state index < -0.39 is 43.2 Å². The summed E-state index contributed by atoms with van der Waals surface area (Å²) in [6.07, 6.45) is -4.17. The van der Waals surface area contributed by atoms with Crippen LogP contribution in [0, 0.1) is 0 Å². The normalized spacial score (nSPS) is 30.6. The van der Waals surface area contributed by atoms with Gasteiger partial charge in [0.1, 0.15) is 12.2 Å². The van der Waals surface area contributed by atoms with Gasteiger partial charge in [-0.15, -0.1) is 0 Å². The number of alkyl halides is 3. The number of hydrogen-bond donors (Lipinski definition) is 5. The Morgan fingerprint density at radius 1 is 1.18 bits per heavy atom. The lowest BCUT2D eigenvalue weighted by Gasteiger charge is -2.53. The largest absolute Gasteiger partial charge is 0.419 e. The second kappa shape index (κ2) is 8.48. The van der Waals surface area contributed by atoms with E-state index in [-0.39, 0.29) is 11.9 Å². The highest BCUT2D eigenvalue weighted by Gasteiger charge is 2.62. The second-order valence-corrected chi connectivity index (χ2v) is 9.11. The van der Waals surface area contributed by atoms with Crippen LogP contribution in [0.4, 0.5) is 13.2 Å². The van der Waals surface area contributed by atoms with Crippen LogP contribution in [0.2, 0.25) is 0 Å². The molecule has 0 aliphatic carbocycles. The van der Waals surface area contributed by atoms with Gasteiger partial charge >= 0.3 is 6.18 Å². The van der Waals surface area contributed by atoms with Gasteiger partial charge < -0.3 is 15.7 Å². The van der Waals surface area contributed by atoms with E-state index in [1.165, 1.54) is 4.90 Å². The van der Waals surface area contributed by atoms with E-state index in [0.29, 0.717) is 5.69 Å². The van der Waals surface area contributed by atoms with Gasteiger partial charge in [-0.3, -0.25) is 25.3 Å². The van der Waals surface area contributed by atoms with E-state index in [9.17, 15) is 23.1 Å². The number of pyridine rings is 1. The summed E-state index contributed by atoms with van der Waals surface area (Å²) in [7, 11) is 0. The van der Waals surface area contributed by atoms with Crippen LogP contribution in [0.25, 0.3) is 10.9 Å². The van der Waals surface area contributed by atoms with Gasteiger partial charge in [0.15, 0.2) is 5.60 Å². The Balaban J connectivity index is 1.39. The average Bonchev–Trinajstić information content (AvgIpc) is 2.76. The first kappa shape index (κ1) is 22.5. The Labute approximate surface area is 188 Å². The molecule has 3 saturated heterocycles. The van der Waals surface area contributed by atoms with Gasteiger partial charge in [0, 0.05) is 31.1 Å². The highest BCUT2D eigenvalue weighted by Crippen LogP contribution is 2.38. The molecule has 4 heterocycles. The van der Waals surface area contributed by atoms with Gasteiger partial charge in [-0.1, -0.05) is 24.3 Å². The van der Waals surface area contributed by atoms with Crippen molar-refractivity contribution in [3.05, 3.63) is 42.1 Å². The molecule has 1 amide bonds. The van der Waals surface area contributed by atoms with E-state index in [0.717, 1.165) is 36.8 Å². The van der Waals surface area contributed by atoms with Crippen molar-refractivity contribution in [2.24, 2.45) is 0 Å². The molecule has 3 fully saturated rings. The second-order valence-electron chi connectivity index (χ2n) is 9.11. The predicted molar refractivity (Wildman–Crippen MR) is 115 cm³/mol. The first-order valence-electron chi connectivity index (χ1n) is 11.2.